The molecule has 1 aliphatic rings. The van der Waals surface area contributed by atoms with Crippen molar-refractivity contribution in [3.05, 3.63) is 21.1 Å². The van der Waals surface area contributed by atoms with Crippen LogP contribution in [0, 0.1) is 0 Å². The predicted molar refractivity (Wildman–Crippen MR) is 26.5 cm³/mol. The number of hydrogen-bond donors (Lipinski definition) is 0. The maximum atomic E-state index is 2.23. The van der Waals surface area contributed by atoms with E-state index >= 15 is 0 Å². The number of allylic oxidation sites excluding steroid dienone is 4. The van der Waals surface area contributed by atoms with E-state index in [9.17, 15) is 0 Å². The minimum absolute atomic E-state index is 0. The first-order chi connectivity index (χ1) is 3.30. The Morgan fingerprint density at radius 1 is 1.44 bits per heavy atom. The van der Waals surface area contributed by atoms with E-state index in [1.54, 1.807) is 3.33 Å². The number of halogens is 2. The van der Waals surface area contributed by atoms with E-state index in [0.29, 0.717) is 0 Å². The van der Waals surface area contributed by atoms with Crippen LogP contribution in [-0.2, 0) is 24.4 Å². The molecule has 0 amide bonds. The van der Waals surface area contributed by atoms with Gasteiger partial charge in [-0.15, -0.1) is 0 Å². The average Bonchev–Trinajstić information content (AvgIpc) is 1.91. The summed E-state index contributed by atoms with van der Waals surface area (Å²) in [6.45, 7) is 2.19. The normalized spacial score (nSPS) is 15.0. The fourth-order valence-electron chi connectivity index (χ4n) is 0.615. The van der Waals surface area contributed by atoms with Crippen LogP contribution in [0.1, 0.15) is 13.3 Å². The second-order valence-electron chi connectivity index (χ2n) is 1.77. The Morgan fingerprint density at radius 2 is 2.00 bits per heavy atom. The van der Waals surface area contributed by atoms with E-state index in [0.717, 1.165) is 0 Å². The van der Waals surface area contributed by atoms with Crippen molar-refractivity contribution in [1.29, 1.82) is 0 Å². The molecule has 0 aromatic carbocycles. The maximum Gasteiger partial charge on any atom is -1.00 e. The van der Waals surface area contributed by atoms with Gasteiger partial charge in [-0.05, 0) is 0 Å². The van der Waals surface area contributed by atoms with Gasteiger partial charge >= 0.3 is 58.8 Å². The molecule has 1 rings (SSSR count). The molecule has 49 valence electrons. The molecule has 1 aliphatic carbocycles. The standard InChI is InChI=1S/C6H7.2ClH.Hf/c1-6-4-2-3-5-6;;;/h2,4H,3H2,1H3;2*1H;/q;;;+2/p-2. The van der Waals surface area contributed by atoms with Gasteiger partial charge in [0.15, 0.2) is 0 Å². The minimum atomic E-state index is 0. The van der Waals surface area contributed by atoms with Gasteiger partial charge in [0.1, 0.15) is 0 Å². The second-order valence-corrected chi connectivity index (χ2v) is 3.94. The minimum Gasteiger partial charge on any atom is -1.00 e. The molecule has 0 radical (unpaired) electrons. The summed E-state index contributed by atoms with van der Waals surface area (Å²) in [5.41, 5.74) is 1.51. The predicted octanol–water partition coefficient (Wildman–Crippen LogP) is -4.22. The quantitative estimate of drug-likeness (QED) is 0.396. The molecule has 0 unspecified atom stereocenters. The van der Waals surface area contributed by atoms with Crippen molar-refractivity contribution in [2.75, 3.05) is 0 Å². The first-order valence-electron chi connectivity index (χ1n) is 2.38. The molecule has 0 nitrogen and oxygen atoms in total. The van der Waals surface area contributed by atoms with E-state index in [1.807, 2.05) is 0 Å². The molecule has 0 spiro atoms. The molecular weight excluding hydrogens is 321 g/mol. The Labute approximate surface area is 83.2 Å². The third-order valence-corrected chi connectivity index (χ3v) is 3.32. The van der Waals surface area contributed by atoms with E-state index < -0.39 is 0 Å². The molecule has 0 heterocycles. The van der Waals surface area contributed by atoms with Crippen molar-refractivity contribution in [2.45, 2.75) is 13.3 Å². The van der Waals surface area contributed by atoms with Gasteiger partial charge in [0.2, 0.25) is 0 Å². The van der Waals surface area contributed by atoms with Gasteiger partial charge in [0.25, 0.3) is 0 Å². The zero-order valence-electron chi connectivity index (χ0n) is 5.12. The topological polar surface area (TPSA) is 0 Å². The third kappa shape index (κ3) is 3.59. The van der Waals surface area contributed by atoms with Crippen LogP contribution in [0.4, 0.5) is 0 Å². The van der Waals surface area contributed by atoms with Crippen molar-refractivity contribution in [3.63, 3.8) is 0 Å². The van der Waals surface area contributed by atoms with Crippen molar-refractivity contribution < 1.29 is 49.2 Å². The largest absolute Gasteiger partial charge is 1.00 e. The van der Waals surface area contributed by atoms with Crippen LogP contribution in [-0.4, -0.2) is 0 Å². The monoisotopic (exact) mass is 329 g/mol. The van der Waals surface area contributed by atoms with Crippen molar-refractivity contribution in [1.82, 2.24) is 0 Å². The van der Waals surface area contributed by atoms with Gasteiger partial charge in [0, 0.05) is 0 Å². The molecule has 0 aliphatic heterocycles. The fraction of sp³-hybridized carbons (Fsp3) is 0.333. The van der Waals surface area contributed by atoms with Gasteiger partial charge in [0.05, 0.1) is 0 Å². The van der Waals surface area contributed by atoms with E-state index in [-0.39, 0.29) is 24.8 Å². The first-order valence-corrected chi connectivity index (χ1v) is 4.18. The van der Waals surface area contributed by atoms with Crippen LogP contribution in [0.3, 0.4) is 0 Å². The number of hydrogen-bond acceptors (Lipinski definition) is 0. The zero-order valence-corrected chi connectivity index (χ0v) is 10.2. The summed E-state index contributed by atoms with van der Waals surface area (Å²) in [5.74, 6) is 0. The van der Waals surface area contributed by atoms with Gasteiger partial charge < -0.3 is 24.8 Å². The zero-order chi connectivity index (χ0) is 5.28. The summed E-state index contributed by atoms with van der Waals surface area (Å²) >= 11 is 1.25. The Bertz CT molecular complexity index is 138. The molecule has 0 aromatic heterocycles. The van der Waals surface area contributed by atoms with Gasteiger partial charge in [-0.3, -0.25) is 0 Å². The molecule has 0 bridgehead atoms. The van der Waals surface area contributed by atoms with Crippen molar-refractivity contribution in [2.24, 2.45) is 0 Å². The molecule has 3 heteroatoms. The number of rotatable bonds is 0. The smallest absolute Gasteiger partial charge is 1.00 e. The third-order valence-electron chi connectivity index (χ3n) is 1.17. The summed E-state index contributed by atoms with van der Waals surface area (Å²) in [4.78, 5) is 0. The average molecular weight is 329 g/mol. The first kappa shape index (κ1) is 12.6. The van der Waals surface area contributed by atoms with Gasteiger partial charge in [-0.25, -0.2) is 0 Å². The van der Waals surface area contributed by atoms with E-state index in [4.69, 9.17) is 0 Å². The fourth-order valence-corrected chi connectivity index (χ4v) is 1.34. The van der Waals surface area contributed by atoms with Crippen LogP contribution >= 0.6 is 0 Å². The van der Waals surface area contributed by atoms with Crippen molar-refractivity contribution in [3.8, 4) is 0 Å². The molecule has 9 heavy (non-hydrogen) atoms. The summed E-state index contributed by atoms with van der Waals surface area (Å²) in [6.07, 6.45) is 5.68. The molecule has 0 saturated heterocycles. The summed E-state index contributed by atoms with van der Waals surface area (Å²) in [5, 5.41) is 0. The Kier molecular flexibility index (Phi) is 7.97. The van der Waals surface area contributed by atoms with E-state index in [1.165, 1.54) is 36.4 Å². The van der Waals surface area contributed by atoms with Gasteiger partial charge in [-0.2, -0.15) is 0 Å². The molecule has 0 aromatic rings. The Hall–Kier alpha value is 0.930. The molecule has 0 N–H and O–H groups in total. The second kappa shape index (κ2) is 5.70. The van der Waals surface area contributed by atoms with Gasteiger partial charge in [-0.1, -0.05) is 0 Å². The van der Waals surface area contributed by atoms with Crippen LogP contribution < -0.4 is 24.8 Å². The van der Waals surface area contributed by atoms with Crippen molar-refractivity contribution >= 4 is 0 Å². The summed E-state index contributed by atoms with van der Waals surface area (Å²) in [7, 11) is 0. The SMILES string of the molecule is CC1=[C]([Hf+2])CC=C1.[Cl-].[Cl-]. The van der Waals surface area contributed by atoms with Crippen LogP contribution in [0.5, 0.6) is 0 Å². The van der Waals surface area contributed by atoms with E-state index in [2.05, 4.69) is 19.1 Å². The Morgan fingerprint density at radius 3 is 2.11 bits per heavy atom. The summed E-state index contributed by atoms with van der Waals surface area (Å²) in [6, 6.07) is 0. The van der Waals surface area contributed by atoms with Crippen LogP contribution in [0.2, 0.25) is 0 Å². The van der Waals surface area contributed by atoms with Crippen LogP contribution in [0.25, 0.3) is 0 Å². The summed E-state index contributed by atoms with van der Waals surface area (Å²) < 4.78 is 1.65. The Balaban J connectivity index is 0. The molecular formula is C6H7Cl2Hf. The van der Waals surface area contributed by atoms with Crippen LogP contribution in [0.15, 0.2) is 21.1 Å². The molecule has 0 atom stereocenters. The molecule has 0 fully saturated rings. The molecule has 0 saturated carbocycles. The maximum absolute atomic E-state index is 2.23.